The van der Waals surface area contributed by atoms with Gasteiger partial charge in [-0.3, -0.25) is 9.59 Å². The van der Waals surface area contributed by atoms with Crippen LogP contribution >= 0.6 is 0 Å². The molecule has 0 aliphatic carbocycles. The lowest BCUT2D eigenvalue weighted by molar-refractivity contribution is -0.155. The van der Waals surface area contributed by atoms with Crippen LogP contribution in [0.3, 0.4) is 0 Å². The second-order valence-corrected chi connectivity index (χ2v) is 12.8. The van der Waals surface area contributed by atoms with Gasteiger partial charge in [0.05, 0.1) is 0 Å². The lowest BCUT2D eigenvalue weighted by Gasteiger charge is -2.31. The fourth-order valence-electron chi connectivity index (χ4n) is 5.60. The van der Waals surface area contributed by atoms with Gasteiger partial charge in [-0.2, -0.15) is 0 Å². The van der Waals surface area contributed by atoms with Crippen molar-refractivity contribution < 1.29 is 19.1 Å². The molecule has 0 aliphatic rings. The largest absolute Gasteiger partial charge is 0.465 e. The molecule has 0 aromatic rings. The van der Waals surface area contributed by atoms with Gasteiger partial charge >= 0.3 is 11.9 Å². The summed E-state index contributed by atoms with van der Waals surface area (Å²) in [6.07, 6.45) is 33.0. The molecule has 0 aromatic heterocycles. The van der Waals surface area contributed by atoms with E-state index in [1.165, 1.54) is 116 Å². The molecular formula is C37H72O4. The molecule has 4 heteroatoms. The lowest BCUT2D eigenvalue weighted by Crippen LogP contribution is -2.34. The van der Waals surface area contributed by atoms with E-state index in [9.17, 15) is 9.59 Å². The van der Waals surface area contributed by atoms with Crippen molar-refractivity contribution in [3.05, 3.63) is 0 Å². The maximum atomic E-state index is 12.5. The van der Waals surface area contributed by atoms with E-state index in [-0.39, 0.29) is 17.4 Å². The zero-order chi connectivity index (χ0) is 30.3. The zero-order valence-corrected chi connectivity index (χ0v) is 28.3. The summed E-state index contributed by atoms with van der Waals surface area (Å²) < 4.78 is 11.5. The molecule has 0 heterocycles. The Morgan fingerprint density at radius 2 is 0.707 bits per heavy atom. The number of esters is 2. The summed E-state index contributed by atoms with van der Waals surface area (Å²) in [5.41, 5.74) is -0.254. The van der Waals surface area contributed by atoms with Crippen LogP contribution in [0.15, 0.2) is 0 Å². The highest BCUT2D eigenvalue weighted by atomic mass is 16.5. The van der Waals surface area contributed by atoms with E-state index >= 15 is 0 Å². The minimum Gasteiger partial charge on any atom is -0.465 e. The first-order chi connectivity index (χ1) is 20.0. The average molecular weight is 581 g/mol. The van der Waals surface area contributed by atoms with Crippen molar-refractivity contribution in [1.29, 1.82) is 0 Å². The molecule has 0 spiro atoms. The van der Waals surface area contributed by atoms with Crippen LogP contribution < -0.4 is 0 Å². The predicted molar refractivity (Wildman–Crippen MR) is 176 cm³/mol. The summed E-state index contributed by atoms with van der Waals surface area (Å²) in [4.78, 5) is 25.0. The molecule has 0 saturated heterocycles. The van der Waals surface area contributed by atoms with Crippen molar-refractivity contribution in [2.75, 3.05) is 13.2 Å². The van der Waals surface area contributed by atoms with E-state index in [0.717, 1.165) is 51.4 Å². The van der Waals surface area contributed by atoms with Gasteiger partial charge in [0, 0.05) is 18.3 Å². The number of carbonyl (C=O) groups is 2. The molecular weight excluding hydrogens is 508 g/mol. The Morgan fingerprint density at radius 1 is 0.415 bits per heavy atom. The van der Waals surface area contributed by atoms with Crippen molar-refractivity contribution in [3.63, 3.8) is 0 Å². The summed E-state index contributed by atoms with van der Waals surface area (Å²) in [6, 6.07) is 0. The summed E-state index contributed by atoms with van der Waals surface area (Å²) in [6.45, 7) is 9.57. The highest BCUT2D eigenvalue weighted by Gasteiger charge is 2.31. The van der Waals surface area contributed by atoms with E-state index in [4.69, 9.17) is 9.47 Å². The van der Waals surface area contributed by atoms with Gasteiger partial charge in [0.1, 0.15) is 13.2 Å². The van der Waals surface area contributed by atoms with Gasteiger partial charge in [0.25, 0.3) is 0 Å². The fourth-order valence-corrected chi connectivity index (χ4v) is 5.60. The maximum absolute atomic E-state index is 12.5. The van der Waals surface area contributed by atoms with Crippen molar-refractivity contribution in [3.8, 4) is 0 Å². The molecule has 0 N–H and O–H groups in total. The predicted octanol–water partition coefficient (Wildman–Crippen LogP) is 12.1. The third kappa shape index (κ3) is 26.3. The van der Waals surface area contributed by atoms with Gasteiger partial charge in [-0.15, -0.1) is 0 Å². The van der Waals surface area contributed by atoms with Crippen molar-refractivity contribution in [1.82, 2.24) is 0 Å². The van der Waals surface area contributed by atoms with Crippen molar-refractivity contribution >= 4 is 11.9 Å². The SMILES string of the molecule is CCCCCCCCCCCCCC(=O)OCC(CC)(CCCC)COC(=O)CCCCCCCCCCCCC. The Morgan fingerprint density at radius 3 is 1.00 bits per heavy atom. The molecule has 4 nitrogen and oxygen atoms in total. The van der Waals surface area contributed by atoms with Crippen molar-refractivity contribution in [2.24, 2.45) is 5.41 Å². The second-order valence-electron chi connectivity index (χ2n) is 12.8. The number of unbranched alkanes of at least 4 members (excludes halogenated alkanes) is 21. The molecule has 244 valence electrons. The van der Waals surface area contributed by atoms with Crippen LogP contribution in [-0.4, -0.2) is 25.2 Å². The lowest BCUT2D eigenvalue weighted by atomic mass is 9.81. The molecule has 0 amide bonds. The quantitative estimate of drug-likeness (QED) is 0.0586. The molecule has 0 aliphatic heterocycles. The molecule has 0 radical (unpaired) electrons. The minimum atomic E-state index is -0.254. The number of rotatable bonds is 32. The van der Waals surface area contributed by atoms with Crippen LogP contribution in [-0.2, 0) is 19.1 Å². The monoisotopic (exact) mass is 581 g/mol. The summed E-state index contributed by atoms with van der Waals surface area (Å²) >= 11 is 0. The van der Waals surface area contributed by atoms with Crippen LogP contribution in [0, 0.1) is 5.41 Å². The van der Waals surface area contributed by atoms with E-state index < -0.39 is 0 Å². The Hall–Kier alpha value is -1.06. The number of hydrogen-bond donors (Lipinski definition) is 0. The minimum absolute atomic E-state index is 0.0949. The molecule has 0 bridgehead atoms. The maximum Gasteiger partial charge on any atom is 0.305 e. The Bertz CT molecular complexity index is 531. The molecule has 0 fully saturated rings. The Balaban J connectivity index is 4.06. The number of ether oxygens (including phenoxy) is 2. The van der Waals surface area contributed by atoms with Gasteiger partial charge < -0.3 is 9.47 Å². The van der Waals surface area contributed by atoms with E-state index in [2.05, 4.69) is 27.7 Å². The third-order valence-electron chi connectivity index (χ3n) is 8.86. The summed E-state index contributed by atoms with van der Waals surface area (Å²) in [7, 11) is 0. The highest BCUT2D eigenvalue weighted by molar-refractivity contribution is 5.69. The standard InChI is InChI=1S/C37H72O4/c1-5-9-12-14-16-18-20-22-24-26-28-30-35(38)40-33-37(8-4,32-11-7-3)34-41-36(39)31-29-27-25-23-21-19-17-15-13-10-6-2/h5-34H2,1-4H3. The highest BCUT2D eigenvalue weighted by Crippen LogP contribution is 2.30. The number of carbonyl (C=O) groups excluding carboxylic acids is 2. The second kappa shape index (κ2) is 30.4. The Kier molecular flexibility index (Phi) is 29.6. The van der Waals surface area contributed by atoms with Crippen LogP contribution in [0.4, 0.5) is 0 Å². The van der Waals surface area contributed by atoms with E-state index in [1.807, 2.05) is 0 Å². The van der Waals surface area contributed by atoms with E-state index in [0.29, 0.717) is 26.1 Å². The molecule has 0 rings (SSSR count). The van der Waals surface area contributed by atoms with Crippen LogP contribution in [0.1, 0.15) is 207 Å². The normalized spacial score (nSPS) is 11.6. The van der Waals surface area contributed by atoms with Gasteiger partial charge in [-0.05, 0) is 25.7 Å². The molecule has 0 unspecified atom stereocenters. The average Bonchev–Trinajstić information content (AvgIpc) is 2.98. The van der Waals surface area contributed by atoms with E-state index in [1.54, 1.807) is 0 Å². The summed E-state index contributed by atoms with van der Waals surface area (Å²) in [5.74, 6) is -0.190. The molecule has 0 saturated carbocycles. The first kappa shape index (κ1) is 39.9. The summed E-state index contributed by atoms with van der Waals surface area (Å²) in [5, 5.41) is 0. The topological polar surface area (TPSA) is 52.6 Å². The smallest absolute Gasteiger partial charge is 0.305 e. The van der Waals surface area contributed by atoms with Gasteiger partial charge in [-0.1, -0.05) is 169 Å². The van der Waals surface area contributed by atoms with Gasteiger partial charge in [-0.25, -0.2) is 0 Å². The molecule has 0 atom stereocenters. The first-order valence-electron chi connectivity index (χ1n) is 18.3. The van der Waals surface area contributed by atoms with Crippen LogP contribution in [0.5, 0.6) is 0 Å². The first-order valence-corrected chi connectivity index (χ1v) is 18.3. The zero-order valence-electron chi connectivity index (χ0n) is 28.3. The van der Waals surface area contributed by atoms with Crippen LogP contribution in [0.25, 0.3) is 0 Å². The Labute approximate surface area is 256 Å². The molecule has 0 aromatic carbocycles. The molecule has 41 heavy (non-hydrogen) atoms. The third-order valence-corrected chi connectivity index (χ3v) is 8.86. The van der Waals surface area contributed by atoms with Crippen LogP contribution in [0.2, 0.25) is 0 Å². The number of hydrogen-bond acceptors (Lipinski definition) is 4. The van der Waals surface area contributed by atoms with Gasteiger partial charge in [0.15, 0.2) is 0 Å². The van der Waals surface area contributed by atoms with Gasteiger partial charge in [0.2, 0.25) is 0 Å². The van der Waals surface area contributed by atoms with Crippen molar-refractivity contribution in [2.45, 2.75) is 207 Å². The fraction of sp³-hybridized carbons (Fsp3) is 0.946.